The summed E-state index contributed by atoms with van der Waals surface area (Å²) >= 11 is 0. The number of hydrogen-bond acceptors (Lipinski definition) is 5. The van der Waals surface area contributed by atoms with Crippen molar-refractivity contribution in [2.45, 2.75) is 50.5 Å². The smallest absolute Gasteiger partial charge is 0.306 e. The minimum Gasteiger partial charge on any atom is -0.481 e. The van der Waals surface area contributed by atoms with E-state index >= 15 is 0 Å². The molecule has 0 aromatic carbocycles. The molecular weight excluding hydrogens is 312 g/mol. The lowest BCUT2D eigenvalue weighted by molar-refractivity contribution is -0.143. The highest BCUT2D eigenvalue weighted by atomic mass is 16.5. The van der Waals surface area contributed by atoms with Crippen LogP contribution in [0, 0.1) is 5.92 Å². The minimum absolute atomic E-state index is 0.0189. The molecule has 1 saturated heterocycles. The second-order valence-electron chi connectivity index (χ2n) is 6.36. The molecule has 0 radical (unpaired) electrons. The van der Waals surface area contributed by atoms with Crippen molar-refractivity contribution in [1.29, 1.82) is 0 Å². The number of aromatic nitrogens is 1. The zero-order valence-corrected chi connectivity index (χ0v) is 13.2. The molecule has 1 saturated carbocycles. The van der Waals surface area contributed by atoms with E-state index in [1.54, 1.807) is 18.3 Å². The number of carboxylic acids is 1. The minimum atomic E-state index is -0.736. The monoisotopic (exact) mass is 332 g/mol. The lowest BCUT2D eigenvalue weighted by Crippen LogP contribution is -2.39. The van der Waals surface area contributed by atoms with E-state index in [0.717, 1.165) is 5.56 Å². The fourth-order valence-electron chi connectivity index (χ4n) is 3.28. The third-order valence-corrected chi connectivity index (χ3v) is 4.71. The van der Waals surface area contributed by atoms with Crippen molar-refractivity contribution >= 4 is 17.8 Å². The molecule has 2 fully saturated rings. The summed E-state index contributed by atoms with van der Waals surface area (Å²) in [5.74, 6) is -1.40. The Morgan fingerprint density at radius 1 is 1.17 bits per heavy atom. The number of piperidine rings is 1. The van der Waals surface area contributed by atoms with Gasteiger partial charge in [-0.1, -0.05) is 6.07 Å². The Kier molecular flexibility index (Phi) is 4.78. The number of pyridine rings is 1. The van der Waals surface area contributed by atoms with Crippen LogP contribution in [0.3, 0.4) is 0 Å². The predicted molar refractivity (Wildman–Crippen MR) is 83.4 cm³/mol. The summed E-state index contributed by atoms with van der Waals surface area (Å²) in [7, 11) is 0. The van der Waals surface area contributed by atoms with Gasteiger partial charge in [-0.05, 0) is 37.7 Å². The van der Waals surface area contributed by atoms with Crippen LogP contribution in [-0.4, -0.2) is 34.0 Å². The van der Waals surface area contributed by atoms with E-state index in [1.165, 1.54) is 0 Å². The van der Waals surface area contributed by atoms with Gasteiger partial charge in [0, 0.05) is 18.7 Å². The first-order chi connectivity index (χ1) is 11.5. The van der Waals surface area contributed by atoms with Crippen LogP contribution in [-0.2, 0) is 14.4 Å². The topological polar surface area (TPSA) is 106 Å². The maximum atomic E-state index is 11.9. The highest BCUT2D eigenvalue weighted by molar-refractivity contribution is 6.00. The van der Waals surface area contributed by atoms with Crippen molar-refractivity contribution in [3.63, 3.8) is 0 Å². The maximum Gasteiger partial charge on any atom is 0.306 e. The van der Waals surface area contributed by atoms with E-state index in [2.05, 4.69) is 10.3 Å². The van der Waals surface area contributed by atoms with Gasteiger partial charge in [0.25, 0.3) is 0 Å². The Balaban J connectivity index is 1.56. The molecule has 2 aliphatic rings. The van der Waals surface area contributed by atoms with Gasteiger partial charge in [-0.2, -0.15) is 0 Å². The van der Waals surface area contributed by atoms with Crippen LogP contribution in [0.2, 0.25) is 0 Å². The third-order valence-electron chi connectivity index (χ3n) is 4.71. The van der Waals surface area contributed by atoms with Crippen LogP contribution >= 0.6 is 0 Å². The zero-order chi connectivity index (χ0) is 17.1. The van der Waals surface area contributed by atoms with E-state index in [1.807, 2.05) is 0 Å². The van der Waals surface area contributed by atoms with Crippen molar-refractivity contribution < 1.29 is 24.2 Å². The number of ether oxygens (including phenoxy) is 1. The molecule has 3 rings (SSSR count). The Labute approximate surface area is 139 Å². The largest absolute Gasteiger partial charge is 0.481 e. The van der Waals surface area contributed by atoms with Crippen molar-refractivity contribution in [2.24, 2.45) is 5.92 Å². The summed E-state index contributed by atoms with van der Waals surface area (Å²) in [5, 5.41) is 11.3. The Morgan fingerprint density at radius 3 is 2.50 bits per heavy atom. The van der Waals surface area contributed by atoms with Gasteiger partial charge in [-0.15, -0.1) is 0 Å². The summed E-state index contributed by atoms with van der Waals surface area (Å²) in [5.41, 5.74) is 0.766. The Morgan fingerprint density at radius 2 is 1.92 bits per heavy atom. The van der Waals surface area contributed by atoms with E-state index < -0.39 is 5.97 Å². The summed E-state index contributed by atoms with van der Waals surface area (Å²) in [6.45, 7) is 0. The average molecular weight is 332 g/mol. The van der Waals surface area contributed by atoms with Gasteiger partial charge >= 0.3 is 5.97 Å². The van der Waals surface area contributed by atoms with Gasteiger partial charge in [0.2, 0.25) is 17.7 Å². The van der Waals surface area contributed by atoms with Crippen LogP contribution in [0.5, 0.6) is 5.88 Å². The standard InChI is InChI=1S/C17H20N2O5/c20-14-7-6-13(16(21)19-14)11-3-8-15(18-9-11)24-12-4-1-10(2-5-12)17(22)23/h3,8-10,12-13H,1-2,4-7H2,(H,22,23)(H,19,20,21)/t10-,12-,13?. The molecular formula is C17H20N2O5. The number of hydrogen-bond donors (Lipinski definition) is 2. The fourth-order valence-corrected chi connectivity index (χ4v) is 3.28. The molecule has 7 nitrogen and oxygen atoms in total. The molecule has 7 heteroatoms. The van der Waals surface area contributed by atoms with Crippen molar-refractivity contribution in [3.05, 3.63) is 23.9 Å². The summed E-state index contributed by atoms with van der Waals surface area (Å²) in [4.78, 5) is 38.2. The highest BCUT2D eigenvalue weighted by Crippen LogP contribution is 2.29. The van der Waals surface area contributed by atoms with Gasteiger partial charge < -0.3 is 9.84 Å². The summed E-state index contributed by atoms with van der Waals surface area (Å²) in [6, 6.07) is 3.52. The molecule has 128 valence electrons. The molecule has 2 amide bonds. The molecule has 2 heterocycles. The van der Waals surface area contributed by atoms with Crippen LogP contribution in [0.25, 0.3) is 0 Å². The van der Waals surface area contributed by atoms with Crippen molar-refractivity contribution in [2.75, 3.05) is 0 Å². The molecule has 1 aliphatic carbocycles. The number of imide groups is 1. The van der Waals surface area contributed by atoms with E-state index in [-0.39, 0.29) is 29.8 Å². The second-order valence-corrected chi connectivity index (χ2v) is 6.36. The highest BCUT2D eigenvalue weighted by Gasteiger charge is 2.29. The second kappa shape index (κ2) is 6.98. The van der Waals surface area contributed by atoms with E-state index in [9.17, 15) is 14.4 Å². The van der Waals surface area contributed by atoms with Crippen LogP contribution in [0.4, 0.5) is 0 Å². The first-order valence-electron chi connectivity index (χ1n) is 8.22. The fraction of sp³-hybridized carbons (Fsp3) is 0.529. The number of rotatable bonds is 4. The number of carbonyl (C=O) groups is 3. The third kappa shape index (κ3) is 3.72. The molecule has 1 aromatic rings. The number of carbonyl (C=O) groups excluding carboxylic acids is 2. The van der Waals surface area contributed by atoms with E-state index in [0.29, 0.717) is 44.4 Å². The first kappa shape index (κ1) is 16.4. The number of amides is 2. The number of nitrogens with zero attached hydrogens (tertiary/aromatic N) is 1. The SMILES string of the molecule is O=C1CCC(c2ccc(O[C@H]3CC[C@H](C(=O)O)CC3)nc2)C(=O)N1. The van der Waals surface area contributed by atoms with E-state index in [4.69, 9.17) is 9.84 Å². The van der Waals surface area contributed by atoms with Gasteiger partial charge in [-0.3, -0.25) is 19.7 Å². The zero-order valence-electron chi connectivity index (χ0n) is 13.2. The molecule has 1 aliphatic heterocycles. The van der Waals surface area contributed by atoms with Gasteiger partial charge in [0.15, 0.2) is 0 Å². The molecule has 0 spiro atoms. The molecule has 2 N–H and O–H groups in total. The average Bonchev–Trinajstić information content (AvgIpc) is 2.56. The number of carboxylic acid groups (broad SMARTS) is 1. The molecule has 1 atom stereocenters. The molecule has 0 bridgehead atoms. The van der Waals surface area contributed by atoms with Gasteiger partial charge in [-0.25, -0.2) is 4.98 Å². The van der Waals surface area contributed by atoms with Crippen molar-refractivity contribution in [3.8, 4) is 5.88 Å². The normalized spacial score (nSPS) is 27.4. The van der Waals surface area contributed by atoms with Crippen LogP contribution < -0.4 is 10.1 Å². The molecule has 1 aromatic heterocycles. The first-order valence-corrected chi connectivity index (χ1v) is 8.22. The quantitative estimate of drug-likeness (QED) is 0.812. The maximum absolute atomic E-state index is 11.9. The molecule has 24 heavy (non-hydrogen) atoms. The molecule has 1 unspecified atom stereocenters. The Bertz CT molecular complexity index is 635. The number of nitrogens with one attached hydrogen (secondary N) is 1. The Hall–Kier alpha value is -2.44. The lowest BCUT2D eigenvalue weighted by Gasteiger charge is -2.26. The van der Waals surface area contributed by atoms with Crippen LogP contribution in [0.15, 0.2) is 18.3 Å². The number of aliphatic carboxylic acids is 1. The van der Waals surface area contributed by atoms with Gasteiger partial charge in [0.1, 0.15) is 6.10 Å². The predicted octanol–water partition coefficient (Wildman–Crippen LogP) is 1.62. The van der Waals surface area contributed by atoms with Crippen molar-refractivity contribution in [1.82, 2.24) is 10.3 Å². The lowest BCUT2D eigenvalue weighted by atomic mass is 9.87. The van der Waals surface area contributed by atoms with Gasteiger partial charge in [0.05, 0.1) is 11.8 Å². The summed E-state index contributed by atoms with van der Waals surface area (Å²) in [6.07, 6.45) is 5.06. The van der Waals surface area contributed by atoms with Crippen LogP contribution in [0.1, 0.15) is 50.0 Å². The summed E-state index contributed by atoms with van der Waals surface area (Å²) < 4.78 is 5.81.